The molecule has 0 radical (unpaired) electrons. The number of hydrogen-bond acceptors (Lipinski definition) is 3. The number of benzene rings is 1. The molecule has 0 aliphatic heterocycles. The first-order valence-corrected chi connectivity index (χ1v) is 9.81. The van der Waals surface area contributed by atoms with E-state index in [-0.39, 0.29) is 11.5 Å². The van der Waals surface area contributed by atoms with Crippen molar-refractivity contribution in [2.24, 2.45) is 5.92 Å². The molecule has 1 aromatic rings. The van der Waals surface area contributed by atoms with Gasteiger partial charge in [0.05, 0.1) is 17.0 Å². The summed E-state index contributed by atoms with van der Waals surface area (Å²) in [7, 11) is -3.60. The minimum atomic E-state index is -3.60. The van der Waals surface area contributed by atoms with Crippen LogP contribution in [-0.4, -0.2) is 25.7 Å². The lowest BCUT2D eigenvalue weighted by atomic mass is 9.78. The predicted octanol–water partition coefficient (Wildman–Crippen LogP) is 2.80. The molecule has 1 aliphatic rings. The van der Waals surface area contributed by atoms with Crippen LogP contribution in [0.3, 0.4) is 0 Å². The Morgan fingerprint density at radius 1 is 1.29 bits per heavy atom. The molecule has 0 amide bonds. The molecule has 0 atom stereocenters. The van der Waals surface area contributed by atoms with E-state index in [2.05, 4.69) is 27.6 Å². The van der Waals surface area contributed by atoms with Crippen molar-refractivity contribution in [2.45, 2.75) is 48.4 Å². The lowest BCUT2D eigenvalue weighted by Gasteiger charge is -2.38. The van der Waals surface area contributed by atoms with Crippen molar-refractivity contribution in [1.82, 2.24) is 4.72 Å². The fraction of sp³-hybridized carbons (Fsp3) is 0.600. The van der Waals surface area contributed by atoms with E-state index in [1.807, 2.05) is 0 Å². The quantitative estimate of drug-likeness (QED) is 0.777. The molecular formula is C15H22BrNO3S. The first-order chi connectivity index (χ1) is 9.91. The van der Waals surface area contributed by atoms with E-state index in [1.54, 1.807) is 24.3 Å². The summed E-state index contributed by atoms with van der Waals surface area (Å²) in [6.07, 6.45) is 3.24. The zero-order valence-corrected chi connectivity index (χ0v) is 14.6. The van der Waals surface area contributed by atoms with Gasteiger partial charge in [-0.25, -0.2) is 13.1 Å². The van der Waals surface area contributed by atoms with Crippen LogP contribution in [0, 0.1) is 5.92 Å². The van der Waals surface area contributed by atoms with Crippen LogP contribution in [0.1, 0.15) is 38.2 Å². The van der Waals surface area contributed by atoms with Crippen LogP contribution < -0.4 is 4.72 Å². The molecular weight excluding hydrogens is 354 g/mol. The summed E-state index contributed by atoms with van der Waals surface area (Å²) in [5, 5.41) is 10.4. The Labute approximate surface area is 135 Å². The van der Waals surface area contributed by atoms with E-state index in [4.69, 9.17) is 0 Å². The molecule has 2 N–H and O–H groups in total. The molecule has 21 heavy (non-hydrogen) atoms. The average molecular weight is 376 g/mol. The highest BCUT2D eigenvalue weighted by Gasteiger charge is 2.37. The van der Waals surface area contributed by atoms with Gasteiger partial charge in [0, 0.05) is 5.33 Å². The summed E-state index contributed by atoms with van der Waals surface area (Å²) in [5.41, 5.74) is 0.316. The fourth-order valence-corrected chi connectivity index (χ4v) is 4.53. The molecule has 1 aromatic carbocycles. The number of hydrogen-bond donors (Lipinski definition) is 2. The van der Waals surface area contributed by atoms with Crippen molar-refractivity contribution in [3.63, 3.8) is 0 Å². The highest BCUT2D eigenvalue weighted by atomic mass is 79.9. The molecule has 0 bridgehead atoms. The second-order valence-electron chi connectivity index (χ2n) is 6.00. The Kier molecular flexibility index (Phi) is 5.46. The van der Waals surface area contributed by atoms with Crippen LogP contribution >= 0.6 is 15.9 Å². The minimum Gasteiger partial charge on any atom is -0.394 e. The molecule has 4 nitrogen and oxygen atoms in total. The zero-order chi connectivity index (χ0) is 15.5. The SMILES string of the molecule is CC1CCC(CO)(NS(=O)(=O)c2ccc(CBr)cc2)CC1. The van der Waals surface area contributed by atoms with Crippen molar-refractivity contribution >= 4 is 26.0 Å². The van der Waals surface area contributed by atoms with Gasteiger partial charge in [-0.1, -0.05) is 35.0 Å². The van der Waals surface area contributed by atoms with Crippen LogP contribution in [0.25, 0.3) is 0 Å². The predicted molar refractivity (Wildman–Crippen MR) is 86.8 cm³/mol. The van der Waals surface area contributed by atoms with Crippen molar-refractivity contribution in [3.8, 4) is 0 Å². The van der Waals surface area contributed by atoms with Gasteiger partial charge in [-0.05, 0) is 49.3 Å². The van der Waals surface area contributed by atoms with E-state index in [0.29, 0.717) is 24.1 Å². The maximum Gasteiger partial charge on any atom is 0.241 e. The standard InChI is InChI=1S/C15H22BrNO3S/c1-12-6-8-15(11-18,9-7-12)17-21(19,20)14-4-2-13(10-16)3-5-14/h2-5,12,17-18H,6-11H2,1H3. The van der Waals surface area contributed by atoms with Crippen LogP contribution in [-0.2, 0) is 15.4 Å². The summed E-state index contributed by atoms with van der Waals surface area (Å²) in [5.74, 6) is 0.590. The third kappa shape index (κ3) is 4.06. The third-order valence-electron chi connectivity index (χ3n) is 4.27. The molecule has 6 heteroatoms. The molecule has 2 rings (SSSR count). The second-order valence-corrected chi connectivity index (χ2v) is 8.25. The van der Waals surface area contributed by atoms with Gasteiger partial charge in [-0.3, -0.25) is 0 Å². The number of alkyl halides is 1. The summed E-state index contributed by atoms with van der Waals surface area (Å²) < 4.78 is 27.8. The Morgan fingerprint density at radius 3 is 2.33 bits per heavy atom. The topological polar surface area (TPSA) is 66.4 Å². The normalized spacial score (nSPS) is 26.7. The van der Waals surface area contributed by atoms with Crippen LogP contribution in [0.5, 0.6) is 0 Å². The summed E-state index contributed by atoms with van der Waals surface area (Å²) in [6.45, 7) is 2.01. The first-order valence-electron chi connectivity index (χ1n) is 7.20. The number of sulfonamides is 1. The lowest BCUT2D eigenvalue weighted by Crippen LogP contribution is -2.53. The van der Waals surface area contributed by atoms with Gasteiger partial charge in [0.1, 0.15) is 0 Å². The maximum atomic E-state index is 12.5. The van der Waals surface area contributed by atoms with Crippen molar-refractivity contribution < 1.29 is 13.5 Å². The number of halogens is 1. The van der Waals surface area contributed by atoms with Gasteiger partial charge in [0.15, 0.2) is 0 Å². The molecule has 118 valence electrons. The average Bonchev–Trinajstić information content (AvgIpc) is 2.50. The van der Waals surface area contributed by atoms with Crippen LogP contribution in [0.2, 0.25) is 0 Å². The number of aliphatic hydroxyl groups excluding tert-OH is 1. The maximum absolute atomic E-state index is 12.5. The lowest BCUT2D eigenvalue weighted by molar-refractivity contribution is 0.125. The number of nitrogens with one attached hydrogen (secondary N) is 1. The van der Waals surface area contributed by atoms with E-state index in [0.717, 1.165) is 18.4 Å². The van der Waals surface area contributed by atoms with Crippen molar-refractivity contribution in [2.75, 3.05) is 6.61 Å². The Morgan fingerprint density at radius 2 is 1.86 bits per heavy atom. The Hall–Kier alpha value is -0.430. The fourth-order valence-electron chi connectivity index (χ4n) is 2.71. The number of aliphatic hydroxyl groups is 1. The highest BCUT2D eigenvalue weighted by Crippen LogP contribution is 2.32. The first kappa shape index (κ1) is 16.9. The van der Waals surface area contributed by atoms with Gasteiger partial charge in [-0.2, -0.15) is 0 Å². The molecule has 1 saturated carbocycles. The van der Waals surface area contributed by atoms with Crippen LogP contribution in [0.4, 0.5) is 0 Å². The van der Waals surface area contributed by atoms with E-state index >= 15 is 0 Å². The Bertz CT molecular complexity index is 563. The van der Waals surface area contributed by atoms with Gasteiger partial charge in [0.25, 0.3) is 0 Å². The molecule has 0 aromatic heterocycles. The van der Waals surface area contributed by atoms with Gasteiger partial charge >= 0.3 is 0 Å². The Balaban J connectivity index is 2.18. The molecule has 0 unspecified atom stereocenters. The number of rotatable bonds is 5. The van der Waals surface area contributed by atoms with Crippen molar-refractivity contribution in [1.29, 1.82) is 0 Å². The molecule has 1 fully saturated rings. The molecule has 0 heterocycles. The summed E-state index contributed by atoms with van der Waals surface area (Å²) in [6, 6.07) is 6.79. The van der Waals surface area contributed by atoms with E-state index in [9.17, 15) is 13.5 Å². The summed E-state index contributed by atoms with van der Waals surface area (Å²) >= 11 is 3.34. The minimum absolute atomic E-state index is 0.154. The monoisotopic (exact) mass is 375 g/mol. The molecule has 1 aliphatic carbocycles. The van der Waals surface area contributed by atoms with Gasteiger partial charge in [0.2, 0.25) is 10.0 Å². The van der Waals surface area contributed by atoms with Gasteiger partial charge in [-0.15, -0.1) is 0 Å². The smallest absolute Gasteiger partial charge is 0.241 e. The highest BCUT2D eigenvalue weighted by molar-refractivity contribution is 9.08. The molecule has 0 saturated heterocycles. The van der Waals surface area contributed by atoms with Crippen LogP contribution in [0.15, 0.2) is 29.2 Å². The molecule has 0 spiro atoms. The largest absolute Gasteiger partial charge is 0.394 e. The second kappa shape index (κ2) is 6.77. The third-order valence-corrected chi connectivity index (χ3v) is 6.51. The van der Waals surface area contributed by atoms with Gasteiger partial charge < -0.3 is 5.11 Å². The van der Waals surface area contributed by atoms with Crippen molar-refractivity contribution in [3.05, 3.63) is 29.8 Å². The van der Waals surface area contributed by atoms with E-state index in [1.165, 1.54) is 0 Å². The van der Waals surface area contributed by atoms with E-state index < -0.39 is 15.6 Å². The zero-order valence-electron chi connectivity index (χ0n) is 12.2. The summed E-state index contributed by atoms with van der Waals surface area (Å²) in [4.78, 5) is 0.249.